The number of aromatic nitrogens is 3. The Morgan fingerprint density at radius 2 is 0.929 bits per heavy atom. The Bertz CT molecular complexity index is 2470. The lowest BCUT2D eigenvalue weighted by Gasteiger charge is -2.09. The minimum Gasteiger partial charge on any atom is -0.455 e. The molecule has 0 atom stereocenters. The molecular weight excluding hydrogens is 518 g/mol. The minimum atomic E-state index is 0.543. The first kappa shape index (κ1) is 22.9. The molecule has 3 heterocycles. The Morgan fingerprint density at radius 3 is 1.67 bits per heavy atom. The van der Waals surface area contributed by atoms with E-state index < -0.39 is 0 Å². The Morgan fingerprint density at radius 1 is 0.381 bits per heavy atom. The fourth-order valence-corrected chi connectivity index (χ4v) is 5.92. The van der Waals surface area contributed by atoms with Gasteiger partial charge in [0.2, 0.25) is 0 Å². The maximum Gasteiger partial charge on any atom is 0.167 e. The zero-order valence-corrected chi connectivity index (χ0v) is 22.3. The molecule has 42 heavy (non-hydrogen) atoms. The topological polar surface area (TPSA) is 65.0 Å². The Kier molecular flexibility index (Phi) is 4.83. The van der Waals surface area contributed by atoms with Crippen molar-refractivity contribution in [3.05, 3.63) is 127 Å². The van der Waals surface area contributed by atoms with Gasteiger partial charge in [-0.1, -0.05) is 97.1 Å². The predicted octanol–water partition coefficient (Wildman–Crippen LogP) is 9.82. The van der Waals surface area contributed by atoms with Crippen LogP contribution in [0, 0.1) is 0 Å². The summed E-state index contributed by atoms with van der Waals surface area (Å²) in [7, 11) is 0. The molecule has 6 aromatic carbocycles. The van der Waals surface area contributed by atoms with Crippen molar-refractivity contribution in [2.75, 3.05) is 0 Å². The van der Waals surface area contributed by atoms with E-state index in [1.807, 2.05) is 78.9 Å². The second-order valence-corrected chi connectivity index (χ2v) is 10.4. The molecule has 0 saturated heterocycles. The molecule has 0 saturated carbocycles. The maximum absolute atomic E-state index is 6.53. The van der Waals surface area contributed by atoms with Gasteiger partial charge in [0, 0.05) is 27.1 Å². The van der Waals surface area contributed by atoms with E-state index in [0.717, 1.165) is 66.0 Å². The Balaban J connectivity index is 1.32. The van der Waals surface area contributed by atoms with E-state index in [9.17, 15) is 0 Å². The summed E-state index contributed by atoms with van der Waals surface area (Å²) in [4.78, 5) is 15.0. The van der Waals surface area contributed by atoms with Crippen LogP contribution in [0.1, 0.15) is 0 Å². The van der Waals surface area contributed by atoms with Crippen LogP contribution >= 0.6 is 0 Å². The molecule has 5 heteroatoms. The quantitative estimate of drug-likeness (QED) is 0.224. The van der Waals surface area contributed by atoms with Crippen LogP contribution in [0.15, 0.2) is 136 Å². The zero-order chi connectivity index (χ0) is 27.6. The standard InChI is InChI=1S/C37H21N3O2/c1-2-10-22(11-3-1)35-38-36(28-17-8-15-26-25-14-6-7-19-31(25)41-33(26)28)40-37(39-35)29-18-9-16-27-30-20-23-12-4-5-13-24(23)21-32(30)42-34(27)29/h1-21H. The van der Waals surface area contributed by atoms with Gasteiger partial charge in [-0.25, -0.2) is 15.0 Å². The van der Waals surface area contributed by atoms with Crippen LogP contribution in [0.4, 0.5) is 0 Å². The molecule has 0 amide bonds. The molecule has 0 spiro atoms. The average Bonchev–Trinajstić information content (AvgIpc) is 3.62. The van der Waals surface area contributed by atoms with Crippen molar-refractivity contribution in [3.63, 3.8) is 0 Å². The molecule has 0 aliphatic carbocycles. The van der Waals surface area contributed by atoms with Gasteiger partial charge in [0.25, 0.3) is 0 Å². The van der Waals surface area contributed by atoms with Crippen molar-refractivity contribution in [2.24, 2.45) is 0 Å². The van der Waals surface area contributed by atoms with Crippen LogP contribution in [0.25, 0.3) is 88.8 Å². The number of hydrogen-bond acceptors (Lipinski definition) is 5. The van der Waals surface area contributed by atoms with Gasteiger partial charge in [-0.05, 0) is 41.1 Å². The summed E-state index contributed by atoms with van der Waals surface area (Å²) < 4.78 is 12.9. The summed E-state index contributed by atoms with van der Waals surface area (Å²) in [5.74, 6) is 1.67. The lowest BCUT2D eigenvalue weighted by molar-refractivity contribution is 0.669. The van der Waals surface area contributed by atoms with E-state index in [2.05, 4.69) is 48.5 Å². The van der Waals surface area contributed by atoms with Crippen molar-refractivity contribution in [3.8, 4) is 34.2 Å². The van der Waals surface area contributed by atoms with E-state index in [0.29, 0.717) is 17.5 Å². The number of benzene rings is 6. The Hall–Kier alpha value is -5.81. The molecule has 0 N–H and O–H groups in total. The highest BCUT2D eigenvalue weighted by molar-refractivity contribution is 6.13. The van der Waals surface area contributed by atoms with Crippen LogP contribution in [0.2, 0.25) is 0 Å². The predicted molar refractivity (Wildman–Crippen MR) is 168 cm³/mol. The van der Waals surface area contributed by atoms with Crippen molar-refractivity contribution < 1.29 is 8.83 Å². The lowest BCUT2D eigenvalue weighted by atomic mass is 10.0. The monoisotopic (exact) mass is 539 g/mol. The van der Waals surface area contributed by atoms with Gasteiger partial charge < -0.3 is 8.83 Å². The highest BCUT2D eigenvalue weighted by Gasteiger charge is 2.20. The third-order valence-corrected chi connectivity index (χ3v) is 7.92. The van der Waals surface area contributed by atoms with Crippen LogP contribution < -0.4 is 0 Å². The second kappa shape index (κ2) is 8.85. The normalized spacial score (nSPS) is 11.8. The first-order valence-electron chi connectivity index (χ1n) is 13.9. The molecule has 0 bridgehead atoms. The van der Waals surface area contributed by atoms with Gasteiger partial charge in [0.05, 0.1) is 11.1 Å². The average molecular weight is 540 g/mol. The van der Waals surface area contributed by atoms with E-state index in [-0.39, 0.29) is 0 Å². The van der Waals surface area contributed by atoms with E-state index in [1.165, 1.54) is 5.39 Å². The molecular formula is C37H21N3O2. The molecule has 0 aliphatic rings. The van der Waals surface area contributed by atoms with Crippen molar-refractivity contribution in [2.45, 2.75) is 0 Å². The van der Waals surface area contributed by atoms with Crippen molar-refractivity contribution in [1.29, 1.82) is 0 Å². The highest BCUT2D eigenvalue weighted by Crippen LogP contribution is 2.39. The lowest BCUT2D eigenvalue weighted by Crippen LogP contribution is -2.00. The van der Waals surface area contributed by atoms with Crippen LogP contribution in [-0.2, 0) is 0 Å². The fourth-order valence-electron chi connectivity index (χ4n) is 5.92. The molecule has 0 radical (unpaired) electrons. The number of nitrogens with zero attached hydrogens (tertiary/aromatic N) is 3. The second-order valence-electron chi connectivity index (χ2n) is 10.4. The highest BCUT2D eigenvalue weighted by atomic mass is 16.3. The molecule has 9 rings (SSSR count). The van der Waals surface area contributed by atoms with E-state index >= 15 is 0 Å². The number of para-hydroxylation sites is 3. The third-order valence-electron chi connectivity index (χ3n) is 7.92. The zero-order valence-electron chi connectivity index (χ0n) is 22.3. The van der Waals surface area contributed by atoms with Crippen molar-refractivity contribution in [1.82, 2.24) is 15.0 Å². The van der Waals surface area contributed by atoms with Gasteiger partial charge >= 0.3 is 0 Å². The summed E-state index contributed by atoms with van der Waals surface area (Å²) in [6, 6.07) is 42.9. The smallest absolute Gasteiger partial charge is 0.167 e. The van der Waals surface area contributed by atoms with E-state index in [1.54, 1.807) is 0 Å². The summed E-state index contributed by atoms with van der Waals surface area (Å²) in [6.45, 7) is 0. The molecule has 0 fully saturated rings. The maximum atomic E-state index is 6.53. The third kappa shape index (κ3) is 3.47. The van der Waals surface area contributed by atoms with Crippen molar-refractivity contribution >= 4 is 54.6 Å². The number of fused-ring (bicyclic) bond motifs is 7. The molecule has 5 nitrogen and oxygen atoms in total. The summed E-state index contributed by atoms with van der Waals surface area (Å²) >= 11 is 0. The number of furan rings is 2. The minimum absolute atomic E-state index is 0.543. The van der Waals surface area contributed by atoms with E-state index in [4.69, 9.17) is 23.8 Å². The van der Waals surface area contributed by atoms with Gasteiger partial charge in [0.15, 0.2) is 17.5 Å². The van der Waals surface area contributed by atoms with Gasteiger partial charge in [-0.15, -0.1) is 0 Å². The summed E-state index contributed by atoms with van der Waals surface area (Å²) in [6.07, 6.45) is 0. The largest absolute Gasteiger partial charge is 0.455 e. The molecule has 0 aliphatic heterocycles. The van der Waals surface area contributed by atoms with Gasteiger partial charge in [0.1, 0.15) is 22.3 Å². The molecule has 3 aromatic heterocycles. The van der Waals surface area contributed by atoms with Gasteiger partial charge in [-0.2, -0.15) is 0 Å². The molecule has 196 valence electrons. The van der Waals surface area contributed by atoms with Crippen LogP contribution in [-0.4, -0.2) is 15.0 Å². The SMILES string of the molecule is c1ccc(-c2nc(-c3cccc4c3oc3ccccc34)nc(-c3cccc4c3oc3cc5ccccc5cc34)n2)cc1. The Labute approximate surface area is 239 Å². The molecule has 0 unspecified atom stereocenters. The number of hydrogen-bond donors (Lipinski definition) is 0. The van der Waals surface area contributed by atoms with Gasteiger partial charge in [-0.3, -0.25) is 0 Å². The first-order chi connectivity index (χ1) is 20.8. The molecule has 9 aromatic rings. The summed E-state index contributed by atoms with van der Waals surface area (Å²) in [5.41, 5.74) is 5.70. The fraction of sp³-hybridized carbons (Fsp3) is 0. The first-order valence-corrected chi connectivity index (χ1v) is 13.9. The van der Waals surface area contributed by atoms with Crippen LogP contribution in [0.3, 0.4) is 0 Å². The summed E-state index contributed by atoms with van der Waals surface area (Å²) in [5, 5.41) is 6.49. The van der Waals surface area contributed by atoms with Crippen LogP contribution in [0.5, 0.6) is 0 Å². The number of rotatable bonds is 3.